The van der Waals surface area contributed by atoms with Gasteiger partial charge < -0.3 is 4.85 Å². The summed E-state index contributed by atoms with van der Waals surface area (Å²) in [7, 11) is 1.42. The molecule has 0 saturated heterocycles. The van der Waals surface area contributed by atoms with Crippen molar-refractivity contribution in [2.24, 2.45) is 0 Å². The zero-order valence-electron chi connectivity index (χ0n) is 9.64. The number of rotatable bonds is 0. The molecule has 2 aromatic heterocycles. The third-order valence-electron chi connectivity index (χ3n) is 2.34. The van der Waals surface area contributed by atoms with E-state index in [9.17, 15) is 0 Å². The van der Waals surface area contributed by atoms with Crippen LogP contribution in [0.5, 0.6) is 0 Å². The normalized spacial score (nSPS) is 9.71. The van der Waals surface area contributed by atoms with Crippen molar-refractivity contribution in [3.63, 3.8) is 0 Å². The van der Waals surface area contributed by atoms with Crippen LogP contribution in [0.15, 0.2) is 30.6 Å². The van der Waals surface area contributed by atoms with Gasteiger partial charge in [0.15, 0.2) is 0 Å². The van der Waals surface area contributed by atoms with Gasteiger partial charge in [-0.1, -0.05) is 18.2 Å². The van der Waals surface area contributed by atoms with E-state index in [0.717, 1.165) is 11.2 Å². The highest BCUT2D eigenvalue weighted by Gasteiger charge is 2.07. The molecule has 0 aliphatic carbocycles. The molecule has 1 aromatic carbocycles. The molecule has 0 saturated carbocycles. The fourth-order valence-corrected chi connectivity index (χ4v) is 2.74. The molecule has 0 aliphatic heterocycles. The molecule has 4 heteroatoms. The first-order valence-electron chi connectivity index (χ1n) is 5.12. The standard InChI is InChI=1S/C11H8N2S.C2H3N/c1-7-11-10(13-6-12-7)8-4-2-3-5-9(8)14-11;1-3-2/h2-6H,1H3;1H3. The SMILES string of the molecule is Cc1ncnc2c1sc1ccccc12.[C-]#[N+]C. The number of thiophene rings is 1. The van der Waals surface area contributed by atoms with E-state index in [4.69, 9.17) is 6.57 Å². The van der Waals surface area contributed by atoms with E-state index >= 15 is 0 Å². The number of hydrogen-bond acceptors (Lipinski definition) is 3. The third-order valence-corrected chi connectivity index (χ3v) is 3.60. The lowest BCUT2D eigenvalue weighted by Crippen LogP contribution is -1.81. The van der Waals surface area contributed by atoms with Crippen molar-refractivity contribution < 1.29 is 0 Å². The van der Waals surface area contributed by atoms with Crippen molar-refractivity contribution in [3.8, 4) is 0 Å². The van der Waals surface area contributed by atoms with Crippen molar-refractivity contribution in [1.29, 1.82) is 0 Å². The molecule has 3 aromatic rings. The zero-order valence-corrected chi connectivity index (χ0v) is 10.5. The Balaban J connectivity index is 0.000000329. The van der Waals surface area contributed by atoms with Crippen LogP contribution in [0, 0.1) is 13.5 Å². The van der Waals surface area contributed by atoms with Crippen LogP contribution in [0.4, 0.5) is 0 Å². The van der Waals surface area contributed by atoms with E-state index < -0.39 is 0 Å². The lowest BCUT2D eigenvalue weighted by Gasteiger charge is -1.91. The van der Waals surface area contributed by atoms with Crippen molar-refractivity contribution in [2.45, 2.75) is 6.92 Å². The maximum atomic E-state index is 5.83. The molecule has 0 spiro atoms. The Kier molecular flexibility index (Phi) is 3.31. The second-order valence-electron chi connectivity index (χ2n) is 3.46. The molecule has 3 nitrogen and oxygen atoms in total. The van der Waals surface area contributed by atoms with Gasteiger partial charge in [-0.25, -0.2) is 16.5 Å². The molecule has 17 heavy (non-hydrogen) atoms. The van der Waals surface area contributed by atoms with E-state index in [1.807, 2.05) is 13.0 Å². The van der Waals surface area contributed by atoms with Crippen LogP contribution in [-0.4, -0.2) is 17.0 Å². The first-order valence-corrected chi connectivity index (χ1v) is 5.94. The lowest BCUT2D eigenvalue weighted by molar-refractivity contribution is 1.16. The third kappa shape index (κ3) is 2.10. The summed E-state index contributed by atoms with van der Waals surface area (Å²) in [6.45, 7) is 7.86. The number of nitrogens with zero attached hydrogens (tertiary/aromatic N) is 3. The minimum Gasteiger partial charge on any atom is -0.320 e. The van der Waals surface area contributed by atoms with Crippen LogP contribution in [0.2, 0.25) is 0 Å². The fraction of sp³-hybridized carbons (Fsp3) is 0.154. The molecular formula is C13H11N3S. The second-order valence-corrected chi connectivity index (χ2v) is 4.51. The van der Waals surface area contributed by atoms with Gasteiger partial charge in [-0.05, 0) is 13.0 Å². The Bertz CT molecular complexity index is 695. The summed E-state index contributed by atoms with van der Waals surface area (Å²) in [4.78, 5) is 11.3. The second kappa shape index (κ2) is 4.89. The summed E-state index contributed by atoms with van der Waals surface area (Å²) >= 11 is 1.76. The Morgan fingerprint density at radius 1 is 1.24 bits per heavy atom. The minimum atomic E-state index is 1.07. The van der Waals surface area contributed by atoms with Crippen molar-refractivity contribution in [3.05, 3.63) is 47.7 Å². The van der Waals surface area contributed by atoms with E-state index in [1.165, 1.54) is 21.8 Å². The number of aryl methyl sites for hydroxylation is 1. The first-order chi connectivity index (χ1) is 8.27. The van der Waals surface area contributed by atoms with Crippen LogP contribution in [0.1, 0.15) is 5.69 Å². The van der Waals surface area contributed by atoms with Crippen molar-refractivity contribution >= 4 is 31.6 Å². The average Bonchev–Trinajstić information content (AvgIpc) is 2.71. The summed E-state index contributed by atoms with van der Waals surface area (Å²) < 4.78 is 2.49. The van der Waals surface area contributed by atoms with Gasteiger partial charge >= 0.3 is 0 Å². The van der Waals surface area contributed by atoms with Crippen molar-refractivity contribution in [1.82, 2.24) is 9.97 Å². The molecule has 0 radical (unpaired) electrons. The van der Waals surface area contributed by atoms with Gasteiger partial charge in [0.05, 0.1) is 15.9 Å². The van der Waals surface area contributed by atoms with E-state index in [1.54, 1.807) is 17.7 Å². The largest absolute Gasteiger partial charge is 0.320 e. The van der Waals surface area contributed by atoms with Gasteiger partial charge in [-0.15, -0.1) is 11.3 Å². The molecule has 0 fully saturated rings. The van der Waals surface area contributed by atoms with Gasteiger partial charge in [0.1, 0.15) is 6.33 Å². The van der Waals surface area contributed by atoms with Gasteiger partial charge in [-0.3, -0.25) is 0 Å². The fourth-order valence-electron chi connectivity index (χ4n) is 1.64. The molecule has 0 N–H and O–H groups in total. The lowest BCUT2D eigenvalue weighted by atomic mass is 10.2. The number of aromatic nitrogens is 2. The highest BCUT2D eigenvalue weighted by Crippen LogP contribution is 2.32. The average molecular weight is 241 g/mol. The van der Waals surface area contributed by atoms with E-state index in [0.29, 0.717) is 0 Å². The van der Waals surface area contributed by atoms with Crippen LogP contribution in [0.25, 0.3) is 25.1 Å². The molecule has 0 unspecified atom stereocenters. The van der Waals surface area contributed by atoms with E-state index in [-0.39, 0.29) is 0 Å². The predicted molar refractivity (Wildman–Crippen MR) is 72.2 cm³/mol. The number of fused-ring (bicyclic) bond motifs is 3. The molecule has 0 atom stereocenters. The van der Waals surface area contributed by atoms with Gasteiger partial charge in [0.25, 0.3) is 0 Å². The Morgan fingerprint density at radius 2 is 1.94 bits per heavy atom. The highest BCUT2D eigenvalue weighted by atomic mass is 32.1. The Hall–Kier alpha value is -1.99. The zero-order chi connectivity index (χ0) is 12.3. The predicted octanol–water partition coefficient (Wildman–Crippen LogP) is 3.69. The molecule has 0 bridgehead atoms. The monoisotopic (exact) mass is 241 g/mol. The van der Waals surface area contributed by atoms with Crippen LogP contribution in [0.3, 0.4) is 0 Å². The highest BCUT2D eigenvalue weighted by molar-refractivity contribution is 7.25. The minimum absolute atomic E-state index is 1.07. The molecule has 3 rings (SSSR count). The quantitative estimate of drug-likeness (QED) is 0.562. The van der Waals surface area contributed by atoms with Crippen LogP contribution < -0.4 is 0 Å². The smallest absolute Gasteiger partial charge is 0.205 e. The van der Waals surface area contributed by atoms with E-state index in [2.05, 4.69) is 33.0 Å². The van der Waals surface area contributed by atoms with Gasteiger partial charge in [0, 0.05) is 10.1 Å². The number of benzene rings is 1. The van der Waals surface area contributed by atoms with Crippen molar-refractivity contribution in [2.75, 3.05) is 7.05 Å². The molecular weight excluding hydrogens is 230 g/mol. The Labute approximate surface area is 104 Å². The summed E-state index contributed by atoms with van der Waals surface area (Å²) in [6, 6.07) is 8.34. The summed E-state index contributed by atoms with van der Waals surface area (Å²) in [6.07, 6.45) is 1.64. The van der Waals surface area contributed by atoms with Crippen LogP contribution in [-0.2, 0) is 0 Å². The summed E-state index contributed by atoms with van der Waals surface area (Å²) in [5, 5.41) is 1.23. The molecule has 0 aliphatic rings. The maximum Gasteiger partial charge on any atom is 0.205 e. The summed E-state index contributed by atoms with van der Waals surface area (Å²) in [5.74, 6) is 0. The summed E-state index contributed by atoms with van der Waals surface area (Å²) in [5.41, 5.74) is 2.15. The number of hydrogen-bond donors (Lipinski definition) is 0. The van der Waals surface area contributed by atoms with Gasteiger partial charge in [0.2, 0.25) is 7.05 Å². The molecule has 0 amide bonds. The topological polar surface area (TPSA) is 30.1 Å². The Morgan fingerprint density at radius 3 is 2.71 bits per heavy atom. The first kappa shape index (κ1) is 11.5. The molecule has 84 valence electrons. The van der Waals surface area contributed by atoms with Crippen LogP contribution >= 0.6 is 11.3 Å². The maximum absolute atomic E-state index is 5.83. The van der Waals surface area contributed by atoms with Gasteiger partial charge in [-0.2, -0.15) is 0 Å². The molecule has 2 heterocycles.